The Morgan fingerprint density at radius 2 is 1.38 bits per heavy atom. The Hall–Kier alpha value is -2.40. The Morgan fingerprint density at radius 3 is 2.08 bits per heavy atom. The smallest absolute Gasteiger partial charge is 0.423 e. The standard InChI is InChI=1S/C20H19BO3/c22-21(23)19-12-10-16(11-13-19)14-24-15-18-8-4-5-9-20(18)17-6-2-1-3-7-17/h1-13,22-23H,14-15H2. The summed E-state index contributed by atoms with van der Waals surface area (Å²) in [5.74, 6) is 0. The monoisotopic (exact) mass is 318 g/mol. The van der Waals surface area contributed by atoms with Gasteiger partial charge in [-0.25, -0.2) is 0 Å². The first kappa shape index (κ1) is 16.5. The van der Waals surface area contributed by atoms with Crippen LogP contribution in [0.3, 0.4) is 0 Å². The summed E-state index contributed by atoms with van der Waals surface area (Å²) < 4.78 is 5.84. The molecule has 0 bridgehead atoms. The molecule has 0 aliphatic rings. The second kappa shape index (κ2) is 7.93. The Morgan fingerprint density at radius 1 is 0.708 bits per heavy atom. The summed E-state index contributed by atoms with van der Waals surface area (Å²) in [7, 11) is -1.43. The molecule has 24 heavy (non-hydrogen) atoms. The minimum atomic E-state index is -1.43. The van der Waals surface area contributed by atoms with E-state index in [9.17, 15) is 0 Å². The Kier molecular flexibility index (Phi) is 5.44. The summed E-state index contributed by atoms with van der Waals surface area (Å²) in [5, 5.41) is 18.2. The van der Waals surface area contributed by atoms with Crippen molar-refractivity contribution >= 4 is 12.6 Å². The van der Waals surface area contributed by atoms with Crippen LogP contribution in [0.1, 0.15) is 11.1 Å². The highest BCUT2D eigenvalue weighted by molar-refractivity contribution is 6.58. The van der Waals surface area contributed by atoms with Crippen molar-refractivity contribution in [3.05, 3.63) is 90.0 Å². The lowest BCUT2D eigenvalue weighted by Gasteiger charge is -2.11. The molecule has 3 aromatic rings. The van der Waals surface area contributed by atoms with E-state index >= 15 is 0 Å². The van der Waals surface area contributed by atoms with Gasteiger partial charge < -0.3 is 14.8 Å². The van der Waals surface area contributed by atoms with Gasteiger partial charge in [-0.3, -0.25) is 0 Å². The fourth-order valence-corrected chi connectivity index (χ4v) is 2.61. The van der Waals surface area contributed by atoms with Gasteiger partial charge in [-0.2, -0.15) is 0 Å². The molecule has 0 spiro atoms. The molecule has 3 rings (SSSR count). The topological polar surface area (TPSA) is 49.7 Å². The first-order valence-corrected chi connectivity index (χ1v) is 7.90. The van der Waals surface area contributed by atoms with E-state index in [1.54, 1.807) is 12.1 Å². The zero-order chi connectivity index (χ0) is 16.8. The van der Waals surface area contributed by atoms with Crippen LogP contribution in [0, 0.1) is 0 Å². The van der Waals surface area contributed by atoms with Crippen LogP contribution in [0.2, 0.25) is 0 Å². The Balaban J connectivity index is 1.65. The molecule has 0 heterocycles. The van der Waals surface area contributed by atoms with Crippen molar-refractivity contribution in [3.8, 4) is 11.1 Å². The van der Waals surface area contributed by atoms with Gasteiger partial charge in [0, 0.05) is 0 Å². The first-order valence-electron chi connectivity index (χ1n) is 7.90. The summed E-state index contributed by atoms with van der Waals surface area (Å²) in [6.07, 6.45) is 0. The molecular weight excluding hydrogens is 299 g/mol. The molecule has 0 unspecified atom stereocenters. The van der Waals surface area contributed by atoms with Crippen LogP contribution < -0.4 is 5.46 Å². The van der Waals surface area contributed by atoms with Crippen LogP contribution in [0.4, 0.5) is 0 Å². The van der Waals surface area contributed by atoms with E-state index in [0.717, 1.165) is 11.1 Å². The molecule has 0 saturated carbocycles. The molecule has 0 radical (unpaired) electrons. The highest BCUT2D eigenvalue weighted by Gasteiger charge is 2.10. The third kappa shape index (κ3) is 4.12. The van der Waals surface area contributed by atoms with E-state index in [1.165, 1.54) is 11.1 Å². The first-order chi connectivity index (χ1) is 11.7. The van der Waals surface area contributed by atoms with E-state index in [4.69, 9.17) is 14.8 Å². The number of ether oxygens (including phenoxy) is 1. The van der Waals surface area contributed by atoms with Gasteiger partial charge in [0.25, 0.3) is 0 Å². The highest BCUT2D eigenvalue weighted by atomic mass is 16.5. The van der Waals surface area contributed by atoms with Gasteiger partial charge in [-0.15, -0.1) is 0 Å². The maximum absolute atomic E-state index is 9.10. The van der Waals surface area contributed by atoms with Gasteiger partial charge in [-0.1, -0.05) is 78.9 Å². The molecule has 120 valence electrons. The molecule has 2 N–H and O–H groups in total. The van der Waals surface area contributed by atoms with Crippen LogP contribution in [-0.2, 0) is 18.0 Å². The zero-order valence-electron chi connectivity index (χ0n) is 13.3. The number of hydrogen-bond acceptors (Lipinski definition) is 3. The van der Waals surface area contributed by atoms with Gasteiger partial charge >= 0.3 is 7.12 Å². The van der Waals surface area contributed by atoms with Crippen molar-refractivity contribution < 1.29 is 14.8 Å². The summed E-state index contributed by atoms with van der Waals surface area (Å²) in [6.45, 7) is 1.00. The molecule has 3 aromatic carbocycles. The minimum Gasteiger partial charge on any atom is -0.423 e. The Bertz CT molecular complexity index is 770. The predicted octanol–water partition coefficient (Wildman–Crippen LogP) is 2.75. The highest BCUT2D eigenvalue weighted by Crippen LogP contribution is 2.24. The van der Waals surface area contributed by atoms with Gasteiger partial charge in [0.05, 0.1) is 13.2 Å². The largest absolute Gasteiger partial charge is 0.488 e. The molecule has 0 saturated heterocycles. The maximum atomic E-state index is 9.10. The normalized spacial score (nSPS) is 10.6. The van der Waals surface area contributed by atoms with Crippen molar-refractivity contribution in [1.29, 1.82) is 0 Å². The third-order valence-corrected chi connectivity index (χ3v) is 3.91. The van der Waals surface area contributed by atoms with Crippen molar-refractivity contribution in [2.24, 2.45) is 0 Å². The van der Waals surface area contributed by atoms with Crippen LogP contribution >= 0.6 is 0 Å². The lowest BCUT2D eigenvalue weighted by Crippen LogP contribution is -2.29. The molecule has 0 amide bonds. The minimum absolute atomic E-state index is 0.477. The molecule has 0 fully saturated rings. The van der Waals surface area contributed by atoms with Crippen molar-refractivity contribution in [3.63, 3.8) is 0 Å². The van der Waals surface area contributed by atoms with Crippen molar-refractivity contribution in [2.75, 3.05) is 0 Å². The van der Waals surface area contributed by atoms with E-state index in [-0.39, 0.29) is 0 Å². The fraction of sp³-hybridized carbons (Fsp3) is 0.100. The zero-order valence-corrected chi connectivity index (χ0v) is 13.3. The molecule has 4 heteroatoms. The van der Waals surface area contributed by atoms with Crippen LogP contribution in [0.25, 0.3) is 11.1 Å². The van der Waals surface area contributed by atoms with E-state index in [0.29, 0.717) is 18.7 Å². The Labute approximate surface area is 142 Å². The van der Waals surface area contributed by atoms with E-state index in [1.807, 2.05) is 42.5 Å². The van der Waals surface area contributed by atoms with E-state index in [2.05, 4.69) is 24.3 Å². The summed E-state index contributed by atoms with van der Waals surface area (Å²) in [5.41, 5.74) is 4.98. The second-order valence-electron chi connectivity index (χ2n) is 5.63. The number of hydrogen-bond donors (Lipinski definition) is 2. The molecule has 0 aliphatic heterocycles. The van der Waals surface area contributed by atoms with Crippen LogP contribution in [0.5, 0.6) is 0 Å². The average Bonchev–Trinajstić information content (AvgIpc) is 2.63. The molecule has 0 aliphatic carbocycles. The average molecular weight is 318 g/mol. The quantitative estimate of drug-likeness (QED) is 0.687. The third-order valence-electron chi connectivity index (χ3n) is 3.91. The van der Waals surface area contributed by atoms with Gasteiger partial charge in [0.15, 0.2) is 0 Å². The van der Waals surface area contributed by atoms with Gasteiger partial charge in [0.2, 0.25) is 0 Å². The van der Waals surface area contributed by atoms with Crippen LogP contribution in [-0.4, -0.2) is 17.2 Å². The number of rotatable bonds is 6. The summed E-state index contributed by atoms with van der Waals surface area (Å²) in [6, 6.07) is 25.6. The van der Waals surface area contributed by atoms with Gasteiger partial charge in [0.1, 0.15) is 0 Å². The van der Waals surface area contributed by atoms with Gasteiger partial charge in [-0.05, 0) is 27.7 Å². The second-order valence-corrected chi connectivity index (χ2v) is 5.63. The molecule has 3 nitrogen and oxygen atoms in total. The fourth-order valence-electron chi connectivity index (χ4n) is 2.61. The van der Waals surface area contributed by atoms with Crippen molar-refractivity contribution in [1.82, 2.24) is 0 Å². The lowest BCUT2D eigenvalue weighted by molar-refractivity contribution is 0.107. The molecular formula is C20H19BO3. The lowest BCUT2D eigenvalue weighted by atomic mass is 9.80. The predicted molar refractivity (Wildman–Crippen MR) is 96.6 cm³/mol. The molecule has 0 aromatic heterocycles. The maximum Gasteiger partial charge on any atom is 0.488 e. The summed E-state index contributed by atoms with van der Waals surface area (Å²) in [4.78, 5) is 0. The van der Waals surface area contributed by atoms with E-state index < -0.39 is 7.12 Å². The SMILES string of the molecule is OB(O)c1ccc(COCc2ccccc2-c2ccccc2)cc1. The summed E-state index contributed by atoms with van der Waals surface area (Å²) >= 11 is 0. The van der Waals surface area contributed by atoms with Crippen molar-refractivity contribution in [2.45, 2.75) is 13.2 Å². The van der Waals surface area contributed by atoms with Crippen LogP contribution in [0.15, 0.2) is 78.9 Å². The molecule has 0 atom stereocenters. The number of benzene rings is 3.